The van der Waals surface area contributed by atoms with Crippen molar-refractivity contribution in [2.75, 3.05) is 19.7 Å². The first kappa shape index (κ1) is 17.3. The van der Waals surface area contributed by atoms with Crippen LogP contribution in [0.15, 0.2) is 42.5 Å². The molecule has 1 heterocycles. The van der Waals surface area contributed by atoms with Gasteiger partial charge in [0, 0.05) is 13.1 Å². The summed E-state index contributed by atoms with van der Waals surface area (Å²) in [4.78, 5) is 26.1. The maximum atomic E-state index is 12.8. The van der Waals surface area contributed by atoms with Crippen LogP contribution in [0, 0.1) is 5.41 Å². The molecule has 0 aromatic heterocycles. The zero-order valence-electron chi connectivity index (χ0n) is 14.4. The zero-order chi connectivity index (χ0) is 17.9. The van der Waals surface area contributed by atoms with Gasteiger partial charge in [0.15, 0.2) is 5.41 Å². The van der Waals surface area contributed by atoms with E-state index in [1.807, 2.05) is 37.3 Å². The Morgan fingerprint density at radius 2 is 1.88 bits per heavy atom. The van der Waals surface area contributed by atoms with Crippen molar-refractivity contribution in [1.82, 2.24) is 4.90 Å². The third-order valence-electron chi connectivity index (χ3n) is 4.95. The number of ether oxygens (including phenoxy) is 1. The second-order valence-electron chi connectivity index (χ2n) is 6.45. The number of benzene rings is 1. The monoisotopic (exact) mass is 341 g/mol. The lowest BCUT2D eigenvalue weighted by Gasteiger charge is -2.33. The van der Waals surface area contributed by atoms with Crippen LogP contribution >= 0.6 is 0 Å². The largest absolute Gasteiger partial charge is 0.494 e. The van der Waals surface area contributed by atoms with Gasteiger partial charge < -0.3 is 14.7 Å². The Morgan fingerprint density at radius 1 is 1.20 bits per heavy atom. The van der Waals surface area contributed by atoms with Crippen molar-refractivity contribution in [2.24, 2.45) is 5.41 Å². The fraction of sp³-hybridized carbons (Fsp3) is 0.400. The van der Waals surface area contributed by atoms with Crippen LogP contribution in [0.5, 0.6) is 5.75 Å². The van der Waals surface area contributed by atoms with Gasteiger partial charge in [-0.2, -0.15) is 0 Å². The number of carboxylic acids is 1. The van der Waals surface area contributed by atoms with Gasteiger partial charge in [0.2, 0.25) is 5.91 Å². The van der Waals surface area contributed by atoms with Crippen molar-refractivity contribution >= 4 is 17.4 Å². The molecule has 2 aliphatic rings. The van der Waals surface area contributed by atoms with Gasteiger partial charge in [-0.1, -0.05) is 30.4 Å². The summed E-state index contributed by atoms with van der Waals surface area (Å²) in [5.41, 5.74) is 0.997. The highest BCUT2D eigenvalue weighted by Crippen LogP contribution is 2.37. The van der Waals surface area contributed by atoms with Crippen LogP contribution in [0.4, 0.5) is 0 Å². The second-order valence-corrected chi connectivity index (χ2v) is 6.45. The number of rotatable bonds is 5. The summed E-state index contributed by atoms with van der Waals surface area (Å²) in [5, 5.41) is 9.55. The Kier molecular flexibility index (Phi) is 4.93. The summed E-state index contributed by atoms with van der Waals surface area (Å²) in [5.74, 6) is -0.451. The maximum absolute atomic E-state index is 12.8. The summed E-state index contributed by atoms with van der Waals surface area (Å²) in [6, 6.07) is 7.93. The van der Waals surface area contributed by atoms with Gasteiger partial charge in [0.1, 0.15) is 5.75 Å². The van der Waals surface area contributed by atoms with Crippen LogP contribution in [0.3, 0.4) is 0 Å². The number of carbonyl (C=O) groups excluding carboxylic acids is 1. The van der Waals surface area contributed by atoms with Gasteiger partial charge in [-0.3, -0.25) is 9.59 Å². The molecule has 1 aliphatic heterocycles. The Bertz CT molecular complexity index is 710. The third kappa shape index (κ3) is 3.31. The molecule has 1 aromatic carbocycles. The van der Waals surface area contributed by atoms with Crippen molar-refractivity contribution in [1.29, 1.82) is 0 Å². The van der Waals surface area contributed by atoms with Crippen LogP contribution in [-0.2, 0) is 9.59 Å². The van der Waals surface area contributed by atoms with Crippen molar-refractivity contribution in [3.63, 3.8) is 0 Å². The fourth-order valence-electron chi connectivity index (χ4n) is 3.44. The van der Waals surface area contributed by atoms with E-state index in [1.54, 1.807) is 17.1 Å². The Labute approximate surface area is 147 Å². The molecular formula is C20H23NO4. The number of carboxylic acid groups (broad SMARTS) is 1. The predicted molar refractivity (Wildman–Crippen MR) is 95.2 cm³/mol. The fourth-order valence-corrected chi connectivity index (χ4v) is 3.44. The highest BCUT2D eigenvalue weighted by atomic mass is 16.5. The zero-order valence-corrected chi connectivity index (χ0v) is 14.4. The number of aliphatic carboxylic acids is 1. The third-order valence-corrected chi connectivity index (χ3v) is 4.95. The Balaban J connectivity index is 1.69. The molecule has 3 rings (SSSR count). The predicted octanol–water partition coefficient (Wildman–Crippen LogP) is 3.12. The van der Waals surface area contributed by atoms with Gasteiger partial charge in [0.05, 0.1) is 6.61 Å². The van der Waals surface area contributed by atoms with Gasteiger partial charge in [-0.05, 0) is 49.5 Å². The molecule has 1 amide bonds. The highest BCUT2D eigenvalue weighted by molar-refractivity contribution is 6.03. The second kappa shape index (κ2) is 7.13. The maximum Gasteiger partial charge on any atom is 0.319 e. The van der Waals surface area contributed by atoms with Crippen LogP contribution < -0.4 is 4.74 Å². The van der Waals surface area contributed by atoms with E-state index in [1.165, 1.54) is 5.57 Å². The smallest absolute Gasteiger partial charge is 0.319 e. The summed E-state index contributed by atoms with van der Waals surface area (Å²) in [6.45, 7) is 3.59. The molecule has 1 aromatic rings. The number of hydrogen-bond acceptors (Lipinski definition) is 3. The molecule has 0 radical (unpaired) electrons. The average molecular weight is 341 g/mol. The lowest BCUT2D eigenvalue weighted by atomic mass is 9.83. The van der Waals surface area contributed by atoms with E-state index >= 15 is 0 Å². The van der Waals surface area contributed by atoms with Crippen molar-refractivity contribution < 1.29 is 19.4 Å². The molecule has 25 heavy (non-hydrogen) atoms. The molecule has 1 N–H and O–H groups in total. The summed E-state index contributed by atoms with van der Waals surface area (Å²) < 4.78 is 5.45. The van der Waals surface area contributed by atoms with Crippen LogP contribution in [-0.4, -0.2) is 41.6 Å². The minimum atomic E-state index is -1.30. The van der Waals surface area contributed by atoms with E-state index in [4.69, 9.17) is 4.74 Å². The molecule has 1 aliphatic carbocycles. The summed E-state index contributed by atoms with van der Waals surface area (Å²) >= 11 is 0. The van der Waals surface area contributed by atoms with E-state index in [2.05, 4.69) is 0 Å². The first-order valence-corrected chi connectivity index (χ1v) is 8.67. The first-order chi connectivity index (χ1) is 12.1. The SMILES string of the molecule is CCOc1ccc(C2=CCN(C(=O)C3(C(=O)O)CC=CC3)CC2)cc1. The average Bonchev–Trinajstić information content (AvgIpc) is 3.13. The topological polar surface area (TPSA) is 66.8 Å². The molecule has 0 saturated carbocycles. The van der Waals surface area contributed by atoms with Gasteiger partial charge in [0.25, 0.3) is 0 Å². The van der Waals surface area contributed by atoms with Gasteiger partial charge in [-0.15, -0.1) is 0 Å². The highest BCUT2D eigenvalue weighted by Gasteiger charge is 2.48. The van der Waals surface area contributed by atoms with Crippen LogP contribution in [0.2, 0.25) is 0 Å². The quantitative estimate of drug-likeness (QED) is 0.660. The Morgan fingerprint density at radius 3 is 2.40 bits per heavy atom. The first-order valence-electron chi connectivity index (χ1n) is 8.67. The molecular weight excluding hydrogens is 318 g/mol. The van der Waals surface area contributed by atoms with Crippen LogP contribution in [0.25, 0.3) is 5.57 Å². The molecule has 132 valence electrons. The molecule has 0 fully saturated rings. The summed E-state index contributed by atoms with van der Waals surface area (Å²) in [7, 11) is 0. The number of hydrogen-bond donors (Lipinski definition) is 1. The normalized spacial score (nSPS) is 18.8. The summed E-state index contributed by atoms with van der Waals surface area (Å²) in [6.07, 6.45) is 6.90. The molecule has 0 bridgehead atoms. The minimum Gasteiger partial charge on any atom is -0.494 e. The van der Waals surface area contributed by atoms with E-state index in [0.29, 0.717) is 19.7 Å². The number of carbonyl (C=O) groups is 2. The lowest BCUT2D eigenvalue weighted by Crippen LogP contribution is -2.48. The molecule has 5 nitrogen and oxygen atoms in total. The molecule has 0 unspecified atom stereocenters. The van der Waals surface area contributed by atoms with Gasteiger partial charge >= 0.3 is 5.97 Å². The molecule has 5 heteroatoms. The molecule has 0 spiro atoms. The van der Waals surface area contributed by atoms with E-state index in [-0.39, 0.29) is 18.7 Å². The number of amides is 1. The van der Waals surface area contributed by atoms with E-state index in [0.717, 1.165) is 17.7 Å². The van der Waals surface area contributed by atoms with Gasteiger partial charge in [-0.25, -0.2) is 0 Å². The number of nitrogens with zero attached hydrogens (tertiary/aromatic N) is 1. The van der Waals surface area contributed by atoms with Crippen molar-refractivity contribution in [2.45, 2.75) is 26.2 Å². The Hall–Kier alpha value is -2.56. The standard InChI is InChI=1S/C20H23NO4/c1-2-25-17-7-5-15(6-8-17)16-9-13-21(14-10-16)18(22)20(19(23)24)11-3-4-12-20/h3-9H,2,10-14H2,1H3,(H,23,24). The molecule has 0 atom stereocenters. The van der Waals surface area contributed by atoms with E-state index in [9.17, 15) is 14.7 Å². The van der Waals surface area contributed by atoms with E-state index < -0.39 is 11.4 Å². The number of allylic oxidation sites excluding steroid dienone is 2. The molecule has 0 saturated heterocycles. The van der Waals surface area contributed by atoms with Crippen LogP contribution in [0.1, 0.15) is 31.7 Å². The minimum absolute atomic E-state index is 0.271. The van der Waals surface area contributed by atoms with Crippen molar-refractivity contribution in [3.05, 3.63) is 48.1 Å². The lowest BCUT2D eigenvalue weighted by molar-refractivity contribution is -0.159. The van der Waals surface area contributed by atoms with Crippen molar-refractivity contribution in [3.8, 4) is 5.75 Å².